The van der Waals surface area contributed by atoms with Crippen LogP contribution in [-0.2, 0) is 9.53 Å². The zero-order valence-electron chi connectivity index (χ0n) is 9.66. The third kappa shape index (κ3) is 1.17. The zero-order chi connectivity index (χ0) is 11.8. The van der Waals surface area contributed by atoms with Crippen molar-refractivity contribution < 1.29 is 14.6 Å². The maximum absolute atomic E-state index is 12.1. The Bertz CT molecular complexity index is 344. The lowest BCUT2D eigenvalue weighted by atomic mass is 9.67. The molecule has 16 heavy (non-hydrogen) atoms. The lowest BCUT2D eigenvalue weighted by Crippen LogP contribution is -2.44. The van der Waals surface area contributed by atoms with E-state index in [4.69, 9.17) is 11.2 Å². The minimum Gasteiger partial charge on any atom is -0.466 e. The second kappa shape index (κ2) is 3.78. The SMILES string of the molecule is C#C[C@]12CCC[C@@]1(C(=O)OCC)CC[C@H]2O. The van der Waals surface area contributed by atoms with Gasteiger partial charge in [0.2, 0.25) is 0 Å². The van der Waals surface area contributed by atoms with Crippen molar-refractivity contribution in [3.63, 3.8) is 0 Å². The first-order valence-electron chi connectivity index (χ1n) is 5.96. The van der Waals surface area contributed by atoms with E-state index >= 15 is 0 Å². The van der Waals surface area contributed by atoms with Crippen molar-refractivity contribution in [2.45, 2.75) is 45.1 Å². The molecule has 3 nitrogen and oxygen atoms in total. The molecule has 2 aliphatic carbocycles. The van der Waals surface area contributed by atoms with Crippen LogP contribution in [0.1, 0.15) is 39.0 Å². The number of carbonyl (C=O) groups excluding carboxylic acids is 1. The molecule has 0 aromatic heterocycles. The summed E-state index contributed by atoms with van der Waals surface area (Å²) in [7, 11) is 0. The Morgan fingerprint density at radius 3 is 2.94 bits per heavy atom. The molecule has 0 unspecified atom stereocenters. The Hall–Kier alpha value is -1.01. The standard InChI is InChI=1S/C13H18O3/c1-3-12-7-5-8-13(12,9-6-10(12)14)11(15)16-4-2/h1,10,14H,4-9H2,2H3/t10-,12-,13+/m1/s1. The van der Waals surface area contributed by atoms with Gasteiger partial charge in [-0.1, -0.05) is 12.3 Å². The molecule has 0 amide bonds. The highest BCUT2D eigenvalue weighted by molar-refractivity contribution is 5.80. The van der Waals surface area contributed by atoms with E-state index in [0.29, 0.717) is 19.4 Å². The summed E-state index contributed by atoms with van der Waals surface area (Å²) < 4.78 is 5.16. The molecule has 2 fully saturated rings. The second-order valence-corrected chi connectivity index (χ2v) is 4.83. The van der Waals surface area contributed by atoms with Gasteiger partial charge in [-0.2, -0.15) is 0 Å². The van der Waals surface area contributed by atoms with Crippen LogP contribution >= 0.6 is 0 Å². The van der Waals surface area contributed by atoms with Crippen LogP contribution in [-0.4, -0.2) is 23.8 Å². The molecule has 2 rings (SSSR count). The van der Waals surface area contributed by atoms with E-state index < -0.39 is 16.9 Å². The van der Waals surface area contributed by atoms with Gasteiger partial charge in [0.15, 0.2) is 0 Å². The summed E-state index contributed by atoms with van der Waals surface area (Å²) in [5.74, 6) is 2.51. The van der Waals surface area contributed by atoms with Crippen molar-refractivity contribution in [1.82, 2.24) is 0 Å². The molecule has 0 aliphatic heterocycles. The molecular formula is C13H18O3. The Morgan fingerprint density at radius 1 is 1.56 bits per heavy atom. The molecule has 2 saturated carbocycles. The topological polar surface area (TPSA) is 46.5 Å². The van der Waals surface area contributed by atoms with Crippen LogP contribution in [0.25, 0.3) is 0 Å². The molecule has 0 spiro atoms. The van der Waals surface area contributed by atoms with E-state index in [9.17, 15) is 9.90 Å². The number of terminal acetylenes is 1. The van der Waals surface area contributed by atoms with Crippen molar-refractivity contribution in [2.24, 2.45) is 10.8 Å². The van der Waals surface area contributed by atoms with Crippen LogP contribution in [0.5, 0.6) is 0 Å². The molecule has 0 heterocycles. The number of carbonyl (C=O) groups is 1. The summed E-state index contributed by atoms with van der Waals surface area (Å²) in [5.41, 5.74) is -1.28. The largest absolute Gasteiger partial charge is 0.466 e. The third-order valence-electron chi connectivity index (χ3n) is 4.37. The van der Waals surface area contributed by atoms with Gasteiger partial charge in [-0.15, -0.1) is 6.42 Å². The van der Waals surface area contributed by atoms with Crippen LogP contribution < -0.4 is 0 Å². The van der Waals surface area contributed by atoms with E-state index in [0.717, 1.165) is 19.3 Å². The van der Waals surface area contributed by atoms with Crippen molar-refractivity contribution >= 4 is 5.97 Å². The van der Waals surface area contributed by atoms with Crippen molar-refractivity contribution in [3.8, 4) is 12.3 Å². The number of aliphatic hydroxyl groups is 1. The fraction of sp³-hybridized carbons (Fsp3) is 0.769. The highest BCUT2D eigenvalue weighted by Crippen LogP contribution is 2.63. The highest BCUT2D eigenvalue weighted by Gasteiger charge is 2.66. The first kappa shape index (κ1) is 11.5. The summed E-state index contributed by atoms with van der Waals surface area (Å²) in [6.45, 7) is 2.17. The molecule has 0 aromatic rings. The van der Waals surface area contributed by atoms with Gasteiger partial charge >= 0.3 is 5.97 Å². The Morgan fingerprint density at radius 2 is 2.31 bits per heavy atom. The lowest BCUT2D eigenvalue weighted by molar-refractivity contribution is -0.160. The van der Waals surface area contributed by atoms with Crippen LogP contribution in [0.3, 0.4) is 0 Å². The Labute approximate surface area is 96.2 Å². The predicted molar refractivity (Wildman–Crippen MR) is 59.4 cm³/mol. The molecule has 0 radical (unpaired) electrons. The van der Waals surface area contributed by atoms with Gasteiger partial charge in [0.25, 0.3) is 0 Å². The Balaban J connectivity index is 2.39. The van der Waals surface area contributed by atoms with E-state index in [-0.39, 0.29) is 5.97 Å². The number of rotatable bonds is 2. The fourth-order valence-electron chi connectivity index (χ4n) is 3.56. The minimum absolute atomic E-state index is 0.206. The maximum Gasteiger partial charge on any atom is 0.313 e. The molecule has 3 heteroatoms. The number of hydrogen-bond donors (Lipinski definition) is 1. The van der Waals surface area contributed by atoms with Gasteiger partial charge in [-0.3, -0.25) is 4.79 Å². The zero-order valence-corrected chi connectivity index (χ0v) is 9.66. The first-order valence-corrected chi connectivity index (χ1v) is 5.96. The first-order chi connectivity index (χ1) is 7.63. The van der Waals surface area contributed by atoms with Gasteiger partial charge in [0.05, 0.1) is 23.5 Å². The molecule has 2 aliphatic rings. The van der Waals surface area contributed by atoms with Gasteiger partial charge in [0.1, 0.15) is 0 Å². The van der Waals surface area contributed by atoms with E-state index in [2.05, 4.69) is 5.92 Å². The molecular weight excluding hydrogens is 204 g/mol. The average molecular weight is 222 g/mol. The normalized spacial score (nSPS) is 41.4. The number of aliphatic hydroxyl groups excluding tert-OH is 1. The third-order valence-corrected chi connectivity index (χ3v) is 4.37. The van der Waals surface area contributed by atoms with E-state index in [1.165, 1.54) is 0 Å². The van der Waals surface area contributed by atoms with Crippen molar-refractivity contribution in [2.75, 3.05) is 6.61 Å². The lowest BCUT2D eigenvalue weighted by Gasteiger charge is -2.36. The molecule has 0 saturated heterocycles. The predicted octanol–water partition coefficient (Wildman–Crippen LogP) is 1.49. The molecule has 0 bridgehead atoms. The number of ether oxygens (including phenoxy) is 1. The van der Waals surface area contributed by atoms with E-state index in [1.54, 1.807) is 6.92 Å². The van der Waals surface area contributed by atoms with Crippen molar-refractivity contribution in [1.29, 1.82) is 0 Å². The quantitative estimate of drug-likeness (QED) is 0.569. The number of fused-ring (bicyclic) bond motifs is 1. The number of esters is 1. The van der Waals surface area contributed by atoms with Crippen molar-refractivity contribution in [3.05, 3.63) is 0 Å². The average Bonchev–Trinajstić information content (AvgIpc) is 2.77. The van der Waals surface area contributed by atoms with Gasteiger partial charge in [-0.25, -0.2) is 0 Å². The maximum atomic E-state index is 12.1. The van der Waals surface area contributed by atoms with E-state index in [1.807, 2.05) is 0 Å². The number of hydrogen-bond acceptors (Lipinski definition) is 3. The summed E-state index contributed by atoms with van der Waals surface area (Å²) >= 11 is 0. The fourth-order valence-corrected chi connectivity index (χ4v) is 3.56. The summed E-state index contributed by atoms with van der Waals surface area (Å²) in [6.07, 6.45) is 8.73. The van der Waals surface area contributed by atoms with Gasteiger partial charge in [-0.05, 0) is 32.6 Å². The monoisotopic (exact) mass is 222 g/mol. The van der Waals surface area contributed by atoms with Gasteiger partial charge < -0.3 is 9.84 Å². The molecule has 1 N–H and O–H groups in total. The highest BCUT2D eigenvalue weighted by atomic mass is 16.5. The van der Waals surface area contributed by atoms with Crippen LogP contribution in [0.2, 0.25) is 0 Å². The summed E-state index contributed by atoms with van der Waals surface area (Å²) in [4.78, 5) is 12.1. The molecule has 0 aromatic carbocycles. The van der Waals surface area contributed by atoms with Crippen LogP contribution in [0.15, 0.2) is 0 Å². The van der Waals surface area contributed by atoms with Crippen LogP contribution in [0.4, 0.5) is 0 Å². The minimum atomic E-state index is -0.667. The molecule has 88 valence electrons. The van der Waals surface area contributed by atoms with Gasteiger partial charge in [0, 0.05) is 0 Å². The second-order valence-electron chi connectivity index (χ2n) is 4.83. The summed E-state index contributed by atoms with van der Waals surface area (Å²) in [6, 6.07) is 0. The Kier molecular flexibility index (Phi) is 2.71. The summed E-state index contributed by atoms with van der Waals surface area (Å²) in [5, 5.41) is 10.1. The smallest absolute Gasteiger partial charge is 0.313 e. The molecule has 3 atom stereocenters. The van der Waals surface area contributed by atoms with Crippen LogP contribution in [0, 0.1) is 23.2 Å².